The second kappa shape index (κ2) is 9.99. The summed E-state index contributed by atoms with van der Waals surface area (Å²) in [6, 6.07) is 0. The smallest absolute Gasteiger partial charge is 0.302 e. The molecule has 4 fully saturated rings. The van der Waals surface area contributed by atoms with Gasteiger partial charge in [-0.05, 0) is 123 Å². The van der Waals surface area contributed by atoms with E-state index in [2.05, 4.69) is 34.6 Å². The molecule has 0 amide bonds. The van der Waals surface area contributed by atoms with Gasteiger partial charge in [-0.3, -0.25) is 4.79 Å². The van der Waals surface area contributed by atoms with Crippen molar-refractivity contribution in [2.24, 2.45) is 58.7 Å². The number of esters is 1. The first-order chi connectivity index (χ1) is 15.2. The van der Waals surface area contributed by atoms with Crippen LogP contribution in [-0.2, 0) is 9.53 Å². The zero-order valence-electron chi connectivity index (χ0n) is 22.1. The monoisotopic (exact) mass is 444 g/mol. The molecule has 0 aromatic rings. The van der Waals surface area contributed by atoms with E-state index < -0.39 is 0 Å². The summed E-state index contributed by atoms with van der Waals surface area (Å²) in [5, 5.41) is 0. The van der Waals surface area contributed by atoms with E-state index in [9.17, 15) is 4.79 Å². The molecule has 4 saturated carbocycles. The van der Waals surface area contributed by atoms with Gasteiger partial charge in [0.15, 0.2) is 0 Å². The minimum absolute atomic E-state index is 0.0856. The fourth-order valence-corrected chi connectivity index (χ4v) is 9.67. The molecule has 0 aromatic heterocycles. The molecule has 0 aliphatic heterocycles. The third kappa shape index (κ3) is 4.68. The number of carbonyl (C=O) groups is 1. The van der Waals surface area contributed by atoms with Crippen molar-refractivity contribution in [1.29, 1.82) is 0 Å². The highest BCUT2D eigenvalue weighted by atomic mass is 16.5. The summed E-state index contributed by atoms with van der Waals surface area (Å²) in [6.45, 7) is 14.0. The van der Waals surface area contributed by atoms with Gasteiger partial charge in [-0.2, -0.15) is 0 Å². The number of hydrogen-bond donors (Lipinski definition) is 0. The van der Waals surface area contributed by atoms with Crippen LogP contribution in [0.5, 0.6) is 0 Å². The lowest BCUT2D eigenvalue weighted by molar-refractivity contribution is -0.157. The lowest BCUT2D eigenvalue weighted by Crippen LogP contribution is -2.52. The molecule has 0 spiro atoms. The van der Waals surface area contributed by atoms with Crippen LogP contribution < -0.4 is 0 Å². The van der Waals surface area contributed by atoms with Crippen molar-refractivity contribution in [1.82, 2.24) is 0 Å². The first kappa shape index (κ1) is 24.6. The molecule has 4 aliphatic rings. The Bertz CT molecular complexity index is 641. The molecule has 32 heavy (non-hydrogen) atoms. The zero-order valence-corrected chi connectivity index (χ0v) is 22.1. The molecule has 2 heteroatoms. The molecule has 4 rings (SSSR count). The van der Waals surface area contributed by atoms with E-state index in [0.717, 1.165) is 66.1 Å². The first-order valence-corrected chi connectivity index (χ1v) is 14.4. The van der Waals surface area contributed by atoms with Gasteiger partial charge in [0.05, 0.1) is 0 Å². The zero-order chi connectivity index (χ0) is 23.0. The summed E-state index contributed by atoms with van der Waals surface area (Å²) >= 11 is 0. The lowest BCUT2D eigenvalue weighted by Gasteiger charge is -2.59. The normalized spacial score (nSPS) is 43.2. The average Bonchev–Trinajstić information content (AvgIpc) is 3.18. The summed E-state index contributed by atoms with van der Waals surface area (Å²) in [7, 11) is 0. The predicted molar refractivity (Wildman–Crippen MR) is 133 cm³/mol. The summed E-state index contributed by atoms with van der Waals surface area (Å²) in [5.41, 5.74) is 0.500. The van der Waals surface area contributed by atoms with Crippen molar-refractivity contribution in [2.75, 3.05) is 0 Å². The summed E-state index contributed by atoms with van der Waals surface area (Å²) < 4.78 is 5.65. The number of fused-ring (bicyclic) bond motifs is 5. The van der Waals surface area contributed by atoms with E-state index in [0.29, 0.717) is 5.41 Å². The second-order valence-corrected chi connectivity index (χ2v) is 13.2. The van der Waals surface area contributed by atoms with Crippen LogP contribution in [0.15, 0.2) is 0 Å². The maximum absolute atomic E-state index is 11.5. The topological polar surface area (TPSA) is 26.3 Å². The molecular weight excluding hydrogens is 392 g/mol. The van der Waals surface area contributed by atoms with Gasteiger partial charge in [-0.15, -0.1) is 0 Å². The van der Waals surface area contributed by atoms with Crippen LogP contribution in [0, 0.1) is 58.7 Å². The Morgan fingerprint density at radius 2 is 1.66 bits per heavy atom. The van der Waals surface area contributed by atoms with Gasteiger partial charge in [-0.25, -0.2) is 0 Å². The Morgan fingerprint density at radius 3 is 2.34 bits per heavy atom. The third-order valence-electron chi connectivity index (χ3n) is 11.5. The maximum Gasteiger partial charge on any atom is 0.302 e. The Kier molecular flexibility index (Phi) is 7.68. The third-order valence-corrected chi connectivity index (χ3v) is 11.5. The molecule has 0 bridgehead atoms. The van der Waals surface area contributed by atoms with Crippen LogP contribution in [0.3, 0.4) is 0 Å². The second-order valence-electron chi connectivity index (χ2n) is 13.2. The largest absolute Gasteiger partial charge is 0.463 e. The van der Waals surface area contributed by atoms with Crippen molar-refractivity contribution in [3.8, 4) is 0 Å². The van der Waals surface area contributed by atoms with Crippen molar-refractivity contribution in [3.05, 3.63) is 0 Å². The molecule has 0 heterocycles. The first-order valence-electron chi connectivity index (χ1n) is 14.4. The van der Waals surface area contributed by atoms with Crippen LogP contribution in [0.25, 0.3) is 0 Å². The van der Waals surface area contributed by atoms with E-state index in [4.69, 9.17) is 4.74 Å². The average molecular weight is 445 g/mol. The van der Waals surface area contributed by atoms with Gasteiger partial charge in [0.2, 0.25) is 0 Å². The summed E-state index contributed by atoms with van der Waals surface area (Å²) in [4.78, 5) is 11.5. The highest BCUT2D eigenvalue weighted by molar-refractivity contribution is 5.66. The molecule has 10 unspecified atom stereocenters. The minimum atomic E-state index is -0.0856. The van der Waals surface area contributed by atoms with Crippen LogP contribution in [0.2, 0.25) is 0 Å². The quantitative estimate of drug-likeness (QED) is 0.369. The van der Waals surface area contributed by atoms with Crippen LogP contribution in [0.1, 0.15) is 119 Å². The van der Waals surface area contributed by atoms with Crippen LogP contribution >= 0.6 is 0 Å². The van der Waals surface area contributed by atoms with E-state index in [1.807, 2.05) is 0 Å². The Balaban J connectivity index is 1.37. The molecule has 0 saturated heterocycles. The fourth-order valence-electron chi connectivity index (χ4n) is 9.67. The molecule has 10 atom stereocenters. The van der Waals surface area contributed by atoms with Gasteiger partial charge in [-0.1, -0.05) is 47.5 Å². The number of ether oxygens (including phenoxy) is 1. The van der Waals surface area contributed by atoms with Gasteiger partial charge in [0.25, 0.3) is 0 Å². The van der Waals surface area contributed by atoms with E-state index in [-0.39, 0.29) is 12.1 Å². The van der Waals surface area contributed by atoms with E-state index in [1.54, 1.807) is 6.92 Å². The van der Waals surface area contributed by atoms with E-state index >= 15 is 0 Å². The maximum atomic E-state index is 11.5. The van der Waals surface area contributed by atoms with Crippen molar-refractivity contribution in [2.45, 2.75) is 125 Å². The molecule has 0 N–H and O–H groups in total. The number of hydrogen-bond acceptors (Lipinski definition) is 2. The highest BCUT2D eigenvalue weighted by Gasteiger charge is 2.57. The molecule has 2 nitrogen and oxygen atoms in total. The van der Waals surface area contributed by atoms with Crippen molar-refractivity contribution < 1.29 is 9.53 Å². The van der Waals surface area contributed by atoms with Crippen molar-refractivity contribution >= 4 is 5.97 Å². The molecule has 0 aromatic carbocycles. The van der Waals surface area contributed by atoms with Gasteiger partial charge in [0.1, 0.15) is 6.10 Å². The SMILES string of the molecule is CCC(CCC(C)C1CCC2C1CCC1C2CCC2CC(OC(C)=O)CCC21C)C(C)C. The molecule has 0 radical (unpaired) electrons. The van der Waals surface area contributed by atoms with Gasteiger partial charge in [0, 0.05) is 6.92 Å². The van der Waals surface area contributed by atoms with Gasteiger partial charge >= 0.3 is 5.97 Å². The number of carbonyl (C=O) groups excluding carboxylic acids is 1. The van der Waals surface area contributed by atoms with Gasteiger partial charge < -0.3 is 4.74 Å². The Labute approximate surface area is 199 Å². The highest BCUT2D eigenvalue weighted by Crippen LogP contribution is 2.64. The predicted octanol–water partition coefficient (Wildman–Crippen LogP) is 8.29. The van der Waals surface area contributed by atoms with Crippen LogP contribution in [-0.4, -0.2) is 12.1 Å². The van der Waals surface area contributed by atoms with Crippen molar-refractivity contribution in [3.63, 3.8) is 0 Å². The lowest BCUT2D eigenvalue weighted by atomic mass is 9.46. The summed E-state index contributed by atoms with van der Waals surface area (Å²) in [6.07, 6.45) is 16.8. The Hall–Kier alpha value is -0.530. The molecular formula is C30H52O2. The van der Waals surface area contributed by atoms with E-state index in [1.165, 1.54) is 64.2 Å². The molecule has 184 valence electrons. The Morgan fingerprint density at radius 1 is 0.938 bits per heavy atom. The minimum Gasteiger partial charge on any atom is -0.463 e. The fraction of sp³-hybridized carbons (Fsp3) is 0.967. The standard InChI is InChI=1S/C30H52O2/c1-7-22(19(2)3)9-8-20(4)25-12-13-27-26(25)14-15-29-28(27)11-10-23-18-24(32-21(5)31)16-17-30(23,29)6/h19-20,22-29H,7-18H2,1-6H3. The summed E-state index contributed by atoms with van der Waals surface area (Å²) in [5.74, 6) is 8.30. The molecule has 4 aliphatic carbocycles. The van der Waals surface area contributed by atoms with Crippen LogP contribution in [0.4, 0.5) is 0 Å². The number of rotatable bonds is 7.